The van der Waals surface area contributed by atoms with Crippen molar-refractivity contribution in [2.45, 2.75) is 57.1 Å². The number of carbonyl (C=O) groups is 1. The van der Waals surface area contributed by atoms with E-state index in [0.29, 0.717) is 18.8 Å². The maximum atomic E-state index is 14.7. The first kappa shape index (κ1) is 20.5. The summed E-state index contributed by atoms with van der Waals surface area (Å²) in [6.45, 7) is 2.21. The maximum Gasteiger partial charge on any atom is 0.229 e. The number of aryl methyl sites for hydroxylation is 1. The Morgan fingerprint density at radius 2 is 1.77 bits per heavy atom. The molecule has 3 heterocycles. The van der Waals surface area contributed by atoms with E-state index in [1.54, 1.807) is 16.9 Å². The van der Waals surface area contributed by atoms with Gasteiger partial charge in [0, 0.05) is 44.5 Å². The zero-order valence-electron chi connectivity index (χ0n) is 18.1. The quantitative estimate of drug-likeness (QED) is 0.818. The van der Waals surface area contributed by atoms with Crippen molar-refractivity contribution in [3.8, 4) is 11.1 Å². The summed E-state index contributed by atoms with van der Waals surface area (Å²) in [5.41, 5.74) is 2.24. The molecule has 166 valence electrons. The lowest BCUT2D eigenvalue weighted by Gasteiger charge is -2.40. The molecule has 1 aromatic heterocycles. The zero-order valence-corrected chi connectivity index (χ0v) is 18.1. The molecule has 3 aliphatic rings. The van der Waals surface area contributed by atoms with Gasteiger partial charge in [0.15, 0.2) is 0 Å². The van der Waals surface area contributed by atoms with Crippen LogP contribution in [-0.2, 0) is 11.8 Å². The third-order valence-corrected chi connectivity index (χ3v) is 7.70. The summed E-state index contributed by atoms with van der Waals surface area (Å²) in [5, 5.41) is 14.0. The molecule has 1 spiro atoms. The normalized spacial score (nSPS) is 26.1. The van der Waals surface area contributed by atoms with Crippen LogP contribution in [0.2, 0.25) is 0 Å². The number of rotatable bonds is 3. The van der Waals surface area contributed by atoms with Gasteiger partial charge in [-0.1, -0.05) is 6.07 Å². The summed E-state index contributed by atoms with van der Waals surface area (Å²) < 4.78 is 16.4. The van der Waals surface area contributed by atoms with E-state index in [4.69, 9.17) is 0 Å². The molecule has 0 atom stereocenters. The highest BCUT2D eigenvalue weighted by molar-refractivity contribution is 5.85. The Balaban J connectivity index is 1.28. The van der Waals surface area contributed by atoms with Crippen LogP contribution in [-0.4, -0.2) is 57.5 Å². The van der Waals surface area contributed by atoms with Gasteiger partial charge < -0.3 is 14.9 Å². The Bertz CT molecular complexity index is 958. The SMILES string of the molecule is Cn1cc(-c2ccc(F)c(N3CCC4(CC3)CCN(C3CCC(O)CC3)C4=O)c2)cn1. The fraction of sp³-hybridized carbons (Fsp3) is 0.583. The molecule has 1 amide bonds. The minimum Gasteiger partial charge on any atom is -0.393 e. The van der Waals surface area contributed by atoms with Gasteiger partial charge in [-0.2, -0.15) is 5.10 Å². The molecule has 1 aromatic carbocycles. The molecule has 2 aliphatic heterocycles. The first-order valence-corrected chi connectivity index (χ1v) is 11.5. The number of amides is 1. The van der Waals surface area contributed by atoms with Gasteiger partial charge in [-0.05, 0) is 62.6 Å². The van der Waals surface area contributed by atoms with E-state index in [1.807, 2.05) is 19.3 Å². The molecule has 0 radical (unpaired) electrons. The molecular weight excluding hydrogens is 395 g/mol. The standard InChI is InChI=1S/C24H31FN4O2/c1-27-16-18(15-26-27)17-2-7-21(25)22(14-17)28-11-8-24(9-12-28)10-13-29(23(24)31)19-3-5-20(30)6-4-19/h2,7,14-16,19-20,30H,3-6,8-13H2,1H3. The summed E-state index contributed by atoms with van der Waals surface area (Å²) in [4.78, 5) is 17.6. The molecular formula is C24H31FN4O2. The third-order valence-electron chi connectivity index (χ3n) is 7.70. The minimum absolute atomic E-state index is 0.205. The van der Waals surface area contributed by atoms with Crippen molar-refractivity contribution in [1.29, 1.82) is 0 Å². The second kappa shape index (κ2) is 7.93. The molecule has 0 bridgehead atoms. The first-order valence-electron chi connectivity index (χ1n) is 11.5. The lowest BCUT2D eigenvalue weighted by molar-refractivity contribution is -0.139. The van der Waals surface area contributed by atoms with E-state index >= 15 is 0 Å². The highest BCUT2D eigenvalue weighted by Crippen LogP contribution is 2.44. The van der Waals surface area contributed by atoms with Gasteiger partial charge in [0.05, 0.1) is 23.4 Å². The number of hydrogen-bond donors (Lipinski definition) is 1. The van der Waals surface area contributed by atoms with Crippen molar-refractivity contribution in [3.63, 3.8) is 0 Å². The molecule has 7 heteroatoms. The van der Waals surface area contributed by atoms with Crippen molar-refractivity contribution in [2.24, 2.45) is 12.5 Å². The van der Waals surface area contributed by atoms with Gasteiger partial charge in [-0.3, -0.25) is 9.48 Å². The van der Waals surface area contributed by atoms with E-state index in [-0.39, 0.29) is 29.3 Å². The van der Waals surface area contributed by atoms with Gasteiger partial charge in [-0.25, -0.2) is 4.39 Å². The number of aromatic nitrogens is 2. The fourth-order valence-corrected chi connectivity index (χ4v) is 5.71. The van der Waals surface area contributed by atoms with Gasteiger partial charge in [0.25, 0.3) is 0 Å². The van der Waals surface area contributed by atoms with E-state index in [1.165, 1.54) is 6.07 Å². The molecule has 31 heavy (non-hydrogen) atoms. The van der Waals surface area contributed by atoms with E-state index in [2.05, 4.69) is 14.9 Å². The second-order valence-corrected chi connectivity index (χ2v) is 9.55. The molecule has 1 N–H and O–H groups in total. The van der Waals surface area contributed by atoms with Crippen LogP contribution in [0.25, 0.3) is 11.1 Å². The number of halogens is 1. The van der Waals surface area contributed by atoms with Crippen molar-refractivity contribution >= 4 is 11.6 Å². The number of anilines is 1. The lowest BCUT2D eigenvalue weighted by atomic mass is 9.76. The van der Waals surface area contributed by atoms with Gasteiger partial charge >= 0.3 is 0 Å². The van der Waals surface area contributed by atoms with Crippen molar-refractivity contribution < 1.29 is 14.3 Å². The number of aliphatic hydroxyl groups excluding tert-OH is 1. The van der Waals surface area contributed by atoms with Crippen molar-refractivity contribution in [3.05, 3.63) is 36.4 Å². The van der Waals surface area contributed by atoms with Gasteiger partial charge in [0.2, 0.25) is 5.91 Å². The van der Waals surface area contributed by atoms with Crippen LogP contribution in [0.15, 0.2) is 30.6 Å². The summed E-state index contributed by atoms with van der Waals surface area (Å²) in [6, 6.07) is 5.50. The Morgan fingerprint density at radius 3 is 2.45 bits per heavy atom. The van der Waals surface area contributed by atoms with Crippen molar-refractivity contribution in [2.75, 3.05) is 24.5 Å². The number of aliphatic hydroxyl groups is 1. The smallest absolute Gasteiger partial charge is 0.229 e. The highest BCUT2D eigenvalue weighted by atomic mass is 19.1. The van der Waals surface area contributed by atoms with Crippen LogP contribution in [0.5, 0.6) is 0 Å². The first-order chi connectivity index (χ1) is 14.9. The summed E-state index contributed by atoms with van der Waals surface area (Å²) >= 11 is 0. The third kappa shape index (κ3) is 3.73. The van der Waals surface area contributed by atoms with Crippen LogP contribution in [0.3, 0.4) is 0 Å². The number of likely N-dealkylation sites (tertiary alicyclic amines) is 1. The van der Waals surface area contributed by atoms with Crippen LogP contribution >= 0.6 is 0 Å². The summed E-state index contributed by atoms with van der Waals surface area (Å²) in [7, 11) is 1.87. The average molecular weight is 427 g/mol. The number of benzene rings is 1. The topological polar surface area (TPSA) is 61.6 Å². The molecule has 5 rings (SSSR count). The average Bonchev–Trinajstić information content (AvgIpc) is 3.34. The number of piperidine rings is 1. The Kier molecular flexibility index (Phi) is 5.24. The van der Waals surface area contributed by atoms with Crippen LogP contribution < -0.4 is 4.90 Å². The Labute approximate surface area is 182 Å². The predicted molar refractivity (Wildman–Crippen MR) is 117 cm³/mol. The lowest BCUT2D eigenvalue weighted by Crippen LogP contribution is -2.47. The van der Waals surface area contributed by atoms with E-state index in [0.717, 1.165) is 62.6 Å². The summed E-state index contributed by atoms with van der Waals surface area (Å²) in [5.74, 6) is 0.0712. The van der Waals surface area contributed by atoms with Crippen LogP contribution in [0.1, 0.15) is 44.9 Å². The molecule has 1 saturated carbocycles. The molecule has 1 aliphatic carbocycles. The van der Waals surface area contributed by atoms with Crippen LogP contribution in [0, 0.1) is 11.2 Å². The van der Waals surface area contributed by atoms with Crippen molar-refractivity contribution in [1.82, 2.24) is 14.7 Å². The highest BCUT2D eigenvalue weighted by Gasteiger charge is 2.50. The Morgan fingerprint density at radius 1 is 1.06 bits per heavy atom. The number of hydrogen-bond acceptors (Lipinski definition) is 4. The van der Waals surface area contributed by atoms with Gasteiger partial charge in [-0.15, -0.1) is 0 Å². The van der Waals surface area contributed by atoms with E-state index < -0.39 is 0 Å². The molecule has 6 nitrogen and oxygen atoms in total. The van der Waals surface area contributed by atoms with Crippen LogP contribution in [0.4, 0.5) is 10.1 Å². The van der Waals surface area contributed by atoms with E-state index in [9.17, 15) is 14.3 Å². The zero-order chi connectivity index (χ0) is 21.6. The second-order valence-electron chi connectivity index (χ2n) is 9.55. The molecule has 2 saturated heterocycles. The minimum atomic E-state index is -0.288. The maximum absolute atomic E-state index is 14.7. The van der Waals surface area contributed by atoms with Gasteiger partial charge in [0.1, 0.15) is 5.82 Å². The summed E-state index contributed by atoms with van der Waals surface area (Å²) in [6.07, 6.45) is 9.35. The molecule has 0 unspecified atom stereocenters. The number of carbonyl (C=O) groups excluding carboxylic acids is 1. The fourth-order valence-electron chi connectivity index (χ4n) is 5.71. The Hall–Kier alpha value is -2.41. The predicted octanol–water partition coefficient (Wildman–Crippen LogP) is 3.35. The monoisotopic (exact) mass is 426 g/mol. The largest absolute Gasteiger partial charge is 0.393 e. The molecule has 3 fully saturated rings. The molecule has 2 aromatic rings. The number of nitrogens with zero attached hydrogens (tertiary/aromatic N) is 4.